The number of ether oxygens (including phenoxy) is 1. The first-order valence-corrected chi connectivity index (χ1v) is 6.44. The fourth-order valence-electron chi connectivity index (χ4n) is 2.02. The Balaban J connectivity index is 1.80. The molecular weight excluding hydrogens is 264 g/mol. The zero-order valence-electron chi connectivity index (χ0n) is 11.3. The van der Waals surface area contributed by atoms with Gasteiger partial charge in [-0.3, -0.25) is 0 Å². The lowest BCUT2D eigenvalue weighted by atomic mass is 9.93. The number of hydrogen-bond acceptors (Lipinski definition) is 4. The van der Waals surface area contributed by atoms with Crippen molar-refractivity contribution in [1.29, 1.82) is 0 Å². The molecule has 2 amide bonds. The molecule has 0 atom stereocenters. The van der Waals surface area contributed by atoms with E-state index in [0.717, 1.165) is 12.8 Å². The van der Waals surface area contributed by atoms with Gasteiger partial charge >= 0.3 is 12.0 Å². The van der Waals surface area contributed by atoms with E-state index >= 15 is 0 Å². The molecule has 0 spiro atoms. The summed E-state index contributed by atoms with van der Waals surface area (Å²) in [6.07, 6.45) is 1.54. The minimum absolute atomic E-state index is 0.140. The molecule has 0 bridgehead atoms. The minimum atomic E-state index is -1.13. The highest BCUT2D eigenvalue weighted by atomic mass is 16.5. The van der Waals surface area contributed by atoms with Gasteiger partial charge in [0.15, 0.2) is 0 Å². The van der Waals surface area contributed by atoms with Crippen molar-refractivity contribution in [2.24, 2.45) is 0 Å². The standard InChI is InChI=1S/C13H18N2O5/c1-13(4-6-19-7-5-13)15-12(18)14-8-9-2-3-10(20-9)11(16)17/h2-3H,4-8H2,1H3,(H,16,17)(H2,14,15,18). The van der Waals surface area contributed by atoms with Gasteiger partial charge in [-0.2, -0.15) is 0 Å². The molecule has 3 N–H and O–H groups in total. The van der Waals surface area contributed by atoms with E-state index in [1.54, 1.807) is 0 Å². The number of carboxylic acids is 1. The molecular formula is C13H18N2O5. The summed E-state index contributed by atoms with van der Waals surface area (Å²) in [5, 5.41) is 14.3. The summed E-state index contributed by atoms with van der Waals surface area (Å²) in [7, 11) is 0. The Hall–Kier alpha value is -2.02. The molecule has 1 aromatic heterocycles. The molecule has 0 unspecified atom stereocenters. The van der Waals surface area contributed by atoms with Gasteiger partial charge in [-0.15, -0.1) is 0 Å². The molecule has 1 aliphatic rings. The van der Waals surface area contributed by atoms with E-state index in [4.69, 9.17) is 14.3 Å². The number of furan rings is 1. The second-order valence-electron chi connectivity index (χ2n) is 5.05. The maximum atomic E-state index is 11.8. The Morgan fingerprint density at radius 1 is 1.35 bits per heavy atom. The summed E-state index contributed by atoms with van der Waals surface area (Å²) < 4.78 is 10.3. The zero-order valence-corrected chi connectivity index (χ0v) is 11.3. The Morgan fingerprint density at radius 3 is 2.65 bits per heavy atom. The van der Waals surface area contributed by atoms with Crippen LogP contribution in [-0.4, -0.2) is 35.9 Å². The molecule has 1 aliphatic heterocycles. The van der Waals surface area contributed by atoms with E-state index in [1.165, 1.54) is 12.1 Å². The highest BCUT2D eigenvalue weighted by Gasteiger charge is 2.28. The number of urea groups is 1. The van der Waals surface area contributed by atoms with Gasteiger partial charge in [-0.25, -0.2) is 9.59 Å². The molecule has 1 fully saturated rings. The predicted octanol–water partition coefficient (Wildman–Crippen LogP) is 1.35. The second-order valence-corrected chi connectivity index (χ2v) is 5.05. The van der Waals surface area contributed by atoms with E-state index in [9.17, 15) is 9.59 Å². The van der Waals surface area contributed by atoms with E-state index in [0.29, 0.717) is 19.0 Å². The fourth-order valence-corrected chi connectivity index (χ4v) is 2.02. The fraction of sp³-hybridized carbons (Fsp3) is 0.538. The molecule has 7 heteroatoms. The van der Waals surface area contributed by atoms with Crippen LogP contribution >= 0.6 is 0 Å². The van der Waals surface area contributed by atoms with Gasteiger partial charge in [0.25, 0.3) is 0 Å². The van der Waals surface area contributed by atoms with Crippen LogP contribution in [-0.2, 0) is 11.3 Å². The summed E-state index contributed by atoms with van der Waals surface area (Å²) in [5.41, 5.74) is -0.266. The van der Waals surface area contributed by atoms with Crippen molar-refractivity contribution in [3.63, 3.8) is 0 Å². The van der Waals surface area contributed by atoms with E-state index in [-0.39, 0.29) is 23.9 Å². The topological polar surface area (TPSA) is 101 Å². The van der Waals surface area contributed by atoms with Gasteiger partial charge in [0.2, 0.25) is 5.76 Å². The average Bonchev–Trinajstić information content (AvgIpc) is 2.85. The van der Waals surface area contributed by atoms with Gasteiger partial charge in [-0.05, 0) is 31.9 Å². The highest BCUT2D eigenvalue weighted by molar-refractivity contribution is 5.84. The molecule has 0 radical (unpaired) electrons. The second kappa shape index (κ2) is 5.96. The predicted molar refractivity (Wildman–Crippen MR) is 69.5 cm³/mol. The molecule has 20 heavy (non-hydrogen) atoms. The average molecular weight is 282 g/mol. The molecule has 0 saturated carbocycles. The first-order valence-electron chi connectivity index (χ1n) is 6.44. The lowest BCUT2D eigenvalue weighted by Crippen LogP contribution is -2.52. The van der Waals surface area contributed by atoms with Crippen molar-refractivity contribution < 1.29 is 23.8 Å². The third-order valence-electron chi connectivity index (χ3n) is 3.31. The van der Waals surface area contributed by atoms with Crippen molar-refractivity contribution in [2.75, 3.05) is 13.2 Å². The van der Waals surface area contributed by atoms with Crippen molar-refractivity contribution in [3.05, 3.63) is 23.7 Å². The van der Waals surface area contributed by atoms with Crippen LogP contribution in [0.2, 0.25) is 0 Å². The van der Waals surface area contributed by atoms with Crippen molar-refractivity contribution in [2.45, 2.75) is 31.8 Å². The zero-order chi connectivity index (χ0) is 14.6. The van der Waals surface area contributed by atoms with Crippen molar-refractivity contribution in [3.8, 4) is 0 Å². The van der Waals surface area contributed by atoms with Crippen LogP contribution in [0.25, 0.3) is 0 Å². The van der Waals surface area contributed by atoms with Crippen LogP contribution in [0.4, 0.5) is 4.79 Å². The smallest absolute Gasteiger partial charge is 0.371 e. The number of carboxylic acid groups (broad SMARTS) is 1. The Bertz CT molecular complexity index is 491. The number of hydrogen-bond donors (Lipinski definition) is 3. The number of amides is 2. The summed E-state index contributed by atoms with van der Waals surface area (Å²) >= 11 is 0. The highest BCUT2D eigenvalue weighted by Crippen LogP contribution is 2.19. The van der Waals surface area contributed by atoms with Crippen LogP contribution in [0.3, 0.4) is 0 Å². The molecule has 0 aliphatic carbocycles. The van der Waals surface area contributed by atoms with Gasteiger partial charge in [0.1, 0.15) is 5.76 Å². The van der Waals surface area contributed by atoms with E-state index in [1.807, 2.05) is 6.92 Å². The van der Waals surface area contributed by atoms with Crippen molar-refractivity contribution in [1.82, 2.24) is 10.6 Å². The molecule has 7 nitrogen and oxygen atoms in total. The molecule has 1 aromatic rings. The van der Waals surface area contributed by atoms with Crippen molar-refractivity contribution >= 4 is 12.0 Å². The van der Waals surface area contributed by atoms with Gasteiger partial charge in [0, 0.05) is 18.8 Å². The Labute approximate surface area is 116 Å². The molecule has 2 heterocycles. The van der Waals surface area contributed by atoms with Crippen LogP contribution in [0.15, 0.2) is 16.5 Å². The number of carbonyl (C=O) groups excluding carboxylic acids is 1. The Kier molecular flexibility index (Phi) is 4.29. The van der Waals surface area contributed by atoms with E-state index < -0.39 is 5.97 Å². The van der Waals surface area contributed by atoms with Crippen LogP contribution < -0.4 is 10.6 Å². The third kappa shape index (κ3) is 3.74. The summed E-state index contributed by atoms with van der Waals surface area (Å²) in [6.45, 7) is 3.39. The number of rotatable bonds is 4. The van der Waals surface area contributed by atoms with Gasteiger partial charge in [-0.1, -0.05) is 0 Å². The van der Waals surface area contributed by atoms with Gasteiger partial charge < -0.3 is 24.9 Å². The number of aromatic carboxylic acids is 1. The lowest BCUT2D eigenvalue weighted by Gasteiger charge is -2.34. The first kappa shape index (κ1) is 14.4. The largest absolute Gasteiger partial charge is 0.475 e. The molecule has 2 rings (SSSR count). The maximum absolute atomic E-state index is 11.8. The molecule has 0 aromatic carbocycles. The summed E-state index contributed by atoms with van der Waals surface area (Å²) in [5.74, 6) is -0.872. The minimum Gasteiger partial charge on any atom is -0.475 e. The monoisotopic (exact) mass is 282 g/mol. The van der Waals surface area contributed by atoms with Crippen LogP contribution in [0, 0.1) is 0 Å². The van der Waals surface area contributed by atoms with Gasteiger partial charge in [0.05, 0.1) is 6.54 Å². The van der Waals surface area contributed by atoms with E-state index in [2.05, 4.69) is 10.6 Å². The summed E-state index contributed by atoms with van der Waals surface area (Å²) in [6, 6.07) is 2.58. The molecule has 1 saturated heterocycles. The number of carbonyl (C=O) groups is 2. The van der Waals surface area contributed by atoms with Crippen LogP contribution in [0.1, 0.15) is 36.1 Å². The summed E-state index contributed by atoms with van der Waals surface area (Å²) in [4.78, 5) is 22.5. The first-order chi connectivity index (χ1) is 9.48. The maximum Gasteiger partial charge on any atom is 0.371 e. The Morgan fingerprint density at radius 2 is 2.05 bits per heavy atom. The third-order valence-corrected chi connectivity index (χ3v) is 3.31. The SMILES string of the molecule is CC1(NC(=O)NCc2ccc(C(=O)O)o2)CCOCC1. The number of nitrogens with one attached hydrogen (secondary N) is 2. The molecule has 110 valence electrons. The lowest BCUT2D eigenvalue weighted by molar-refractivity contribution is 0.0491. The normalized spacial score (nSPS) is 17.4. The van der Waals surface area contributed by atoms with Crippen LogP contribution in [0.5, 0.6) is 0 Å². The quantitative estimate of drug-likeness (QED) is 0.773.